The molecule has 0 aliphatic heterocycles. The second-order valence-electron chi connectivity index (χ2n) is 2.11. The van der Waals surface area contributed by atoms with Gasteiger partial charge in [-0.25, -0.2) is 4.79 Å². The Labute approximate surface area is 63.1 Å². The maximum atomic E-state index is 11.0. The van der Waals surface area contributed by atoms with E-state index in [9.17, 15) is 9.59 Å². The van der Waals surface area contributed by atoms with E-state index in [-0.39, 0.29) is 11.2 Å². The predicted octanol–water partition coefficient (Wildman–Crippen LogP) is -3.73. The second-order valence-corrected chi connectivity index (χ2v) is 3.96. The van der Waals surface area contributed by atoms with Crippen molar-refractivity contribution in [3.8, 4) is 0 Å². The molecule has 0 saturated carbocycles. The van der Waals surface area contributed by atoms with E-state index in [1.807, 2.05) is 0 Å². The molecule has 10 heavy (non-hydrogen) atoms. The number of hydrogen-bond donors (Lipinski definition) is 0. The van der Waals surface area contributed by atoms with Crippen LogP contribution in [-0.4, -0.2) is 29.3 Å². The fourth-order valence-corrected chi connectivity index (χ4v) is 2.00. The molecule has 1 aromatic heterocycles. The van der Waals surface area contributed by atoms with Crippen LogP contribution in [0, 0.1) is 0 Å². The number of hydrogen-bond acceptors (Lipinski definition) is 2. The lowest BCUT2D eigenvalue weighted by molar-refractivity contribution is 0.919. The van der Waals surface area contributed by atoms with Crippen LogP contribution in [0.25, 0.3) is 0 Å². The van der Waals surface area contributed by atoms with Gasteiger partial charge in [0.25, 0.3) is 0 Å². The van der Waals surface area contributed by atoms with E-state index < -0.39 is 0 Å². The topological polar surface area (TPSA) is 44.0 Å². The van der Waals surface area contributed by atoms with Gasteiger partial charge in [-0.05, 0) is 0 Å². The first-order chi connectivity index (χ1) is 4.63. The summed E-state index contributed by atoms with van der Waals surface area (Å²) >= 11 is 0. The molecule has 54 valence electrons. The van der Waals surface area contributed by atoms with E-state index in [1.54, 1.807) is 0 Å². The van der Waals surface area contributed by atoms with Gasteiger partial charge in [0, 0.05) is 12.3 Å². The summed E-state index contributed by atoms with van der Waals surface area (Å²) in [7, 11) is 1.11. The van der Waals surface area contributed by atoms with Crippen molar-refractivity contribution in [3.63, 3.8) is 0 Å². The second kappa shape index (κ2) is 2.39. The molecule has 0 atom stereocenters. The molecule has 0 amide bonds. The molecule has 0 bridgehead atoms. The maximum absolute atomic E-state index is 11.0. The van der Waals surface area contributed by atoms with E-state index in [0.717, 1.165) is 0 Å². The van der Waals surface area contributed by atoms with Crippen LogP contribution in [0.1, 0.15) is 0 Å². The molecule has 1 rings (SSSR count). The zero-order valence-electron chi connectivity index (χ0n) is 5.87. The van der Waals surface area contributed by atoms with Gasteiger partial charge in [0.1, 0.15) is 20.8 Å². The smallest absolute Gasteiger partial charge is 0.313 e. The van der Waals surface area contributed by atoms with Gasteiger partial charge in [0.2, 0.25) is 5.56 Å². The van der Waals surface area contributed by atoms with E-state index in [1.165, 1.54) is 20.7 Å². The largest absolute Gasteiger partial charge is 0.338 e. The summed E-state index contributed by atoms with van der Waals surface area (Å²) in [6.45, 7) is 0. The summed E-state index contributed by atoms with van der Waals surface area (Å²) in [5, 5.41) is 0. The van der Waals surface area contributed by atoms with Crippen LogP contribution in [0.15, 0.2) is 21.9 Å². The fourth-order valence-electron chi connectivity index (χ4n) is 0.682. The van der Waals surface area contributed by atoms with Crippen LogP contribution in [0.5, 0.6) is 0 Å². The van der Waals surface area contributed by atoms with E-state index >= 15 is 0 Å². The summed E-state index contributed by atoms with van der Waals surface area (Å²) < 4.78 is 2.75. The molecule has 0 spiro atoms. The Bertz CT molecular complexity index is 353. The molecule has 0 unspecified atom stereocenters. The van der Waals surface area contributed by atoms with Crippen molar-refractivity contribution in [2.24, 2.45) is 0 Å². The van der Waals surface area contributed by atoms with Gasteiger partial charge in [-0.1, -0.05) is 0 Å². The average Bonchev–Trinajstić information content (AvgIpc) is 1.93. The lowest BCUT2D eigenvalue weighted by atomic mass is 10.7. The highest BCUT2D eigenvalue weighted by atomic mass is 28.2. The van der Waals surface area contributed by atoms with Gasteiger partial charge >= 0.3 is 5.69 Å². The van der Waals surface area contributed by atoms with E-state index in [2.05, 4.69) is 0 Å². The number of aromatic nitrogens is 2. The Morgan fingerprint density at radius 1 is 1.30 bits per heavy atom. The number of rotatable bonds is 0. The van der Waals surface area contributed by atoms with E-state index in [0.29, 0.717) is 20.8 Å². The minimum absolute atomic E-state index is 0.175. The third-order valence-electron chi connectivity index (χ3n) is 1.36. The molecule has 0 saturated heterocycles. The van der Waals surface area contributed by atoms with Gasteiger partial charge in [-0.2, -0.15) is 0 Å². The van der Waals surface area contributed by atoms with Crippen LogP contribution < -0.4 is 11.2 Å². The van der Waals surface area contributed by atoms with Crippen molar-refractivity contribution >= 4 is 20.8 Å². The Balaban J connectivity index is 3.66. The van der Waals surface area contributed by atoms with Crippen LogP contribution in [0.4, 0.5) is 0 Å². The third kappa shape index (κ3) is 1.02. The lowest BCUT2D eigenvalue weighted by Crippen LogP contribution is -2.37. The summed E-state index contributed by atoms with van der Waals surface area (Å²) in [6.07, 6.45) is 1.53. The predicted molar refractivity (Wildman–Crippen MR) is 45.6 cm³/mol. The molecule has 0 N–H and O–H groups in total. The van der Waals surface area contributed by atoms with Gasteiger partial charge in [0.15, 0.2) is 0 Å². The highest BCUT2D eigenvalue weighted by molar-refractivity contribution is 6.08. The average molecular weight is 172 g/mol. The number of nitrogens with zero attached hydrogens (tertiary/aromatic N) is 2. The molecule has 0 radical (unpaired) electrons. The summed E-state index contributed by atoms with van der Waals surface area (Å²) in [5.41, 5.74) is -0.366. The molecule has 0 aliphatic rings. The first-order valence-corrected chi connectivity index (χ1v) is 4.64. The van der Waals surface area contributed by atoms with Gasteiger partial charge in [-0.15, -0.1) is 0 Å². The fraction of sp³-hybridized carbons (Fsp3) is 0. The summed E-state index contributed by atoms with van der Waals surface area (Å²) in [4.78, 5) is 21.8. The molecule has 1 aromatic rings. The molecule has 1 heterocycles. The highest BCUT2D eigenvalue weighted by Gasteiger charge is 1.93. The van der Waals surface area contributed by atoms with E-state index in [4.69, 9.17) is 0 Å². The van der Waals surface area contributed by atoms with Crippen LogP contribution in [0.3, 0.4) is 0 Å². The molecule has 4 nitrogen and oxygen atoms in total. The van der Waals surface area contributed by atoms with Crippen LogP contribution in [-0.2, 0) is 0 Å². The zero-order chi connectivity index (χ0) is 7.72. The SMILES string of the molecule is O=c1ccn([SiH3])c(=O)n1[SiH3]. The Kier molecular flexibility index (Phi) is 1.72. The normalized spacial score (nSPS) is 10.4. The first-order valence-electron chi connectivity index (χ1n) is 2.85. The van der Waals surface area contributed by atoms with Gasteiger partial charge in [0.05, 0.1) is 0 Å². The highest BCUT2D eigenvalue weighted by Crippen LogP contribution is 1.64. The van der Waals surface area contributed by atoms with Crippen molar-refractivity contribution in [2.45, 2.75) is 0 Å². The van der Waals surface area contributed by atoms with Crippen molar-refractivity contribution in [3.05, 3.63) is 33.1 Å². The Morgan fingerprint density at radius 3 is 2.40 bits per heavy atom. The lowest BCUT2D eigenvalue weighted by Gasteiger charge is -1.98. The Morgan fingerprint density at radius 2 is 1.90 bits per heavy atom. The molecule has 0 fully saturated rings. The third-order valence-corrected chi connectivity index (χ3v) is 2.86. The molecule has 0 aliphatic carbocycles. The zero-order valence-corrected chi connectivity index (χ0v) is 9.87. The quantitative estimate of drug-likeness (QED) is 0.378. The molecule has 6 heteroatoms. The van der Waals surface area contributed by atoms with Gasteiger partial charge < -0.3 is 4.23 Å². The van der Waals surface area contributed by atoms with Crippen molar-refractivity contribution in [2.75, 3.05) is 0 Å². The molecular weight excluding hydrogens is 164 g/mol. The summed E-state index contributed by atoms with van der Waals surface area (Å²) in [5.74, 6) is 0. The van der Waals surface area contributed by atoms with Crippen molar-refractivity contribution in [1.82, 2.24) is 8.47 Å². The van der Waals surface area contributed by atoms with Crippen LogP contribution >= 0.6 is 0 Å². The Hall–Kier alpha value is -0.886. The van der Waals surface area contributed by atoms with Crippen molar-refractivity contribution in [1.29, 1.82) is 0 Å². The summed E-state index contributed by atoms with van der Waals surface area (Å²) in [6, 6.07) is 1.42. The first kappa shape index (κ1) is 7.22. The minimum atomic E-state index is -0.191. The molecular formula is C4H8N2O2Si2. The minimum Gasteiger partial charge on any atom is -0.338 e. The molecule has 0 aromatic carbocycles. The van der Waals surface area contributed by atoms with Crippen molar-refractivity contribution < 1.29 is 0 Å². The van der Waals surface area contributed by atoms with Gasteiger partial charge in [-0.3, -0.25) is 9.03 Å². The standard InChI is InChI=1S/C4H8N2O2Si2/c7-3-1-2-5(9)4(8)6(3)10/h1-2H,9-10H3. The maximum Gasteiger partial charge on any atom is 0.313 e. The van der Waals surface area contributed by atoms with Crippen LogP contribution in [0.2, 0.25) is 0 Å². The monoisotopic (exact) mass is 172 g/mol.